The van der Waals surface area contributed by atoms with Crippen LogP contribution in [0.4, 0.5) is 0 Å². The Labute approximate surface area is 83.7 Å². The Morgan fingerprint density at radius 3 is 3.36 bits per heavy atom. The monoisotopic (exact) mass is 196 g/mol. The van der Waals surface area contributed by atoms with Gasteiger partial charge in [-0.25, -0.2) is 4.98 Å². The zero-order valence-corrected chi connectivity index (χ0v) is 8.24. The van der Waals surface area contributed by atoms with Crippen LogP contribution in [0.3, 0.4) is 0 Å². The van der Waals surface area contributed by atoms with E-state index in [1.807, 2.05) is 0 Å². The number of oxazole rings is 1. The predicted molar refractivity (Wildman–Crippen MR) is 51.8 cm³/mol. The number of rotatable bonds is 4. The van der Waals surface area contributed by atoms with Gasteiger partial charge in [0.2, 0.25) is 0 Å². The largest absolute Gasteiger partial charge is 0.451 e. The molecular weight excluding hydrogens is 180 g/mol. The molecule has 1 saturated heterocycles. The molecule has 0 saturated carbocycles. The molecule has 0 radical (unpaired) electrons. The normalized spacial score (nSPS) is 22.4. The SMILES string of the molecule is c1nc(COCC2CCCNC2)co1. The van der Waals surface area contributed by atoms with Crippen molar-refractivity contribution in [2.24, 2.45) is 5.92 Å². The fourth-order valence-electron chi connectivity index (χ4n) is 1.71. The van der Waals surface area contributed by atoms with Crippen LogP contribution in [0.15, 0.2) is 17.1 Å². The van der Waals surface area contributed by atoms with Crippen molar-refractivity contribution in [2.45, 2.75) is 19.4 Å². The number of piperidine rings is 1. The molecule has 0 spiro atoms. The van der Waals surface area contributed by atoms with Crippen LogP contribution in [0.25, 0.3) is 0 Å². The Kier molecular flexibility index (Phi) is 3.54. The lowest BCUT2D eigenvalue weighted by Crippen LogP contribution is -2.32. The summed E-state index contributed by atoms with van der Waals surface area (Å²) in [5.41, 5.74) is 0.869. The van der Waals surface area contributed by atoms with E-state index in [1.54, 1.807) is 6.26 Å². The van der Waals surface area contributed by atoms with Crippen LogP contribution in [-0.4, -0.2) is 24.7 Å². The number of ether oxygens (including phenoxy) is 1. The highest BCUT2D eigenvalue weighted by Gasteiger charge is 2.12. The first kappa shape index (κ1) is 9.68. The lowest BCUT2D eigenvalue weighted by Gasteiger charge is -2.22. The minimum atomic E-state index is 0.562. The maximum Gasteiger partial charge on any atom is 0.180 e. The lowest BCUT2D eigenvalue weighted by atomic mass is 10.0. The van der Waals surface area contributed by atoms with Crippen molar-refractivity contribution in [1.29, 1.82) is 0 Å². The molecular formula is C10H16N2O2. The summed E-state index contributed by atoms with van der Waals surface area (Å²) in [6.07, 6.45) is 5.59. The summed E-state index contributed by atoms with van der Waals surface area (Å²) < 4.78 is 10.4. The Hall–Kier alpha value is -0.870. The maximum atomic E-state index is 5.56. The Morgan fingerprint density at radius 1 is 1.64 bits per heavy atom. The quantitative estimate of drug-likeness (QED) is 0.785. The summed E-state index contributed by atoms with van der Waals surface area (Å²) in [7, 11) is 0. The zero-order valence-electron chi connectivity index (χ0n) is 8.24. The molecule has 1 unspecified atom stereocenters. The topological polar surface area (TPSA) is 47.3 Å². The van der Waals surface area contributed by atoms with Crippen LogP contribution in [0.1, 0.15) is 18.5 Å². The molecule has 4 nitrogen and oxygen atoms in total. The lowest BCUT2D eigenvalue weighted by molar-refractivity contribution is 0.0763. The minimum Gasteiger partial charge on any atom is -0.451 e. The summed E-state index contributed by atoms with van der Waals surface area (Å²) in [6, 6.07) is 0. The molecule has 1 aromatic heterocycles. The van der Waals surface area contributed by atoms with Crippen molar-refractivity contribution in [3.8, 4) is 0 Å². The zero-order chi connectivity index (χ0) is 9.64. The third-order valence-electron chi connectivity index (χ3n) is 2.49. The Morgan fingerprint density at radius 2 is 2.64 bits per heavy atom. The second-order valence-electron chi connectivity index (χ2n) is 3.71. The van der Waals surface area contributed by atoms with Gasteiger partial charge in [0.15, 0.2) is 6.39 Å². The first-order chi connectivity index (χ1) is 6.95. The fourth-order valence-corrected chi connectivity index (χ4v) is 1.71. The van der Waals surface area contributed by atoms with Gasteiger partial charge in [0.1, 0.15) is 12.0 Å². The first-order valence-electron chi connectivity index (χ1n) is 5.10. The van der Waals surface area contributed by atoms with Gasteiger partial charge in [0, 0.05) is 6.54 Å². The third-order valence-corrected chi connectivity index (χ3v) is 2.49. The first-order valence-corrected chi connectivity index (χ1v) is 5.10. The predicted octanol–water partition coefficient (Wildman–Crippen LogP) is 1.19. The molecule has 1 aliphatic rings. The van der Waals surface area contributed by atoms with Gasteiger partial charge in [-0.15, -0.1) is 0 Å². The molecule has 0 bridgehead atoms. The molecule has 1 aliphatic heterocycles. The smallest absolute Gasteiger partial charge is 0.180 e. The number of hydrogen-bond acceptors (Lipinski definition) is 4. The van der Waals surface area contributed by atoms with Crippen molar-refractivity contribution >= 4 is 0 Å². The van der Waals surface area contributed by atoms with Gasteiger partial charge in [-0.3, -0.25) is 0 Å². The molecule has 1 aromatic rings. The minimum absolute atomic E-state index is 0.562. The van der Waals surface area contributed by atoms with E-state index in [9.17, 15) is 0 Å². The molecule has 14 heavy (non-hydrogen) atoms. The van der Waals surface area contributed by atoms with E-state index in [-0.39, 0.29) is 0 Å². The van der Waals surface area contributed by atoms with Gasteiger partial charge >= 0.3 is 0 Å². The van der Waals surface area contributed by atoms with Crippen molar-refractivity contribution in [3.63, 3.8) is 0 Å². The van der Waals surface area contributed by atoms with Crippen LogP contribution in [-0.2, 0) is 11.3 Å². The van der Waals surface area contributed by atoms with E-state index in [0.29, 0.717) is 12.5 Å². The third kappa shape index (κ3) is 2.82. The fraction of sp³-hybridized carbons (Fsp3) is 0.700. The van der Waals surface area contributed by atoms with Gasteiger partial charge in [0.05, 0.1) is 13.2 Å². The van der Waals surface area contributed by atoms with Crippen LogP contribution in [0, 0.1) is 5.92 Å². The molecule has 4 heteroatoms. The van der Waals surface area contributed by atoms with Crippen molar-refractivity contribution in [2.75, 3.05) is 19.7 Å². The molecule has 1 fully saturated rings. The molecule has 2 heterocycles. The molecule has 2 rings (SSSR count). The molecule has 0 amide bonds. The molecule has 1 atom stereocenters. The Bertz CT molecular complexity index is 243. The van der Waals surface area contributed by atoms with Gasteiger partial charge in [-0.05, 0) is 25.3 Å². The maximum absolute atomic E-state index is 5.56. The summed E-state index contributed by atoms with van der Waals surface area (Å²) in [6.45, 7) is 3.62. The average Bonchev–Trinajstić information content (AvgIpc) is 2.72. The molecule has 0 aromatic carbocycles. The molecule has 0 aliphatic carbocycles. The number of aromatic nitrogens is 1. The number of nitrogens with zero attached hydrogens (tertiary/aromatic N) is 1. The van der Waals surface area contributed by atoms with Gasteiger partial charge in [-0.1, -0.05) is 0 Å². The van der Waals surface area contributed by atoms with E-state index >= 15 is 0 Å². The van der Waals surface area contributed by atoms with Crippen LogP contribution in [0.2, 0.25) is 0 Å². The molecule has 1 N–H and O–H groups in total. The number of hydrogen-bond donors (Lipinski definition) is 1. The van der Waals surface area contributed by atoms with E-state index in [4.69, 9.17) is 9.15 Å². The van der Waals surface area contributed by atoms with E-state index in [1.165, 1.54) is 19.2 Å². The van der Waals surface area contributed by atoms with Gasteiger partial charge in [0.25, 0.3) is 0 Å². The highest BCUT2D eigenvalue weighted by Crippen LogP contribution is 2.10. The van der Waals surface area contributed by atoms with Crippen LogP contribution in [0.5, 0.6) is 0 Å². The van der Waals surface area contributed by atoms with E-state index < -0.39 is 0 Å². The second-order valence-corrected chi connectivity index (χ2v) is 3.71. The van der Waals surface area contributed by atoms with Crippen molar-refractivity contribution < 1.29 is 9.15 Å². The average molecular weight is 196 g/mol. The summed E-state index contributed by atoms with van der Waals surface area (Å²) in [5.74, 6) is 0.663. The Balaban J connectivity index is 1.62. The van der Waals surface area contributed by atoms with E-state index in [0.717, 1.165) is 25.4 Å². The van der Waals surface area contributed by atoms with Crippen LogP contribution < -0.4 is 5.32 Å². The summed E-state index contributed by atoms with van der Waals surface area (Å²) >= 11 is 0. The van der Waals surface area contributed by atoms with Crippen molar-refractivity contribution in [1.82, 2.24) is 10.3 Å². The summed E-state index contributed by atoms with van der Waals surface area (Å²) in [5, 5.41) is 3.36. The second kappa shape index (κ2) is 5.12. The standard InChI is InChI=1S/C10H16N2O2/c1-2-9(4-11-3-1)5-13-6-10-7-14-8-12-10/h7-9,11H,1-6H2. The van der Waals surface area contributed by atoms with Gasteiger partial charge in [-0.2, -0.15) is 0 Å². The van der Waals surface area contributed by atoms with E-state index in [2.05, 4.69) is 10.3 Å². The summed E-state index contributed by atoms with van der Waals surface area (Å²) in [4.78, 5) is 3.99. The highest BCUT2D eigenvalue weighted by molar-refractivity contribution is 4.87. The van der Waals surface area contributed by atoms with Crippen molar-refractivity contribution in [3.05, 3.63) is 18.4 Å². The molecule has 78 valence electrons. The van der Waals surface area contributed by atoms with Crippen LogP contribution >= 0.6 is 0 Å². The van der Waals surface area contributed by atoms with Gasteiger partial charge < -0.3 is 14.5 Å². The highest BCUT2D eigenvalue weighted by atomic mass is 16.5. The number of nitrogens with one attached hydrogen (secondary N) is 1.